The first kappa shape index (κ1) is 11.5. The second-order valence-electron chi connectivity index (χ2n) is 4.45. The first-order valence-electron chi connectivity index (χ1n) is 5.03. The molecule has 0 aliphatic heterocycles. The van der Waals surface area contributed by atoms with Gasteiger partial charge in [0.15, 0.2) is 0 Å². The Morgan fingerprint density at radius 1 is 1.21 bits per heavy atom. The smallest absolute Gasteiger partial charge is 0.0166 e. The zero-order valence-corrected chi connectivity index (χ0v) is 9.44. The third-order valence-electron chi connectivity index (χ3n) is 2.91. The van der Waals surface area contributed by atoms with Crippen LogP contribution in [0.4, 0.5) is 0 Å². The average molecular weight is 212 g/mol. The quantitative estimate of drug-likeness (QED) is 0.657. The van der Waals surface area contributed by atoms with E-state index >= 15 is 0 Å². The van der Waals surface area contributed by atoms with Crippen molar-refractivity contribution >= 4 is 12.4 Å². The van der Waals surface area contributed by atoms with E-state index in [0.717, 1.165) is 12.8 Å². The molecule has 0 saturated carbocycles. The van der Waals surface area contributed by atoms with Crippen molar-refractivity contribution in [1.29, 1.82) is 0 Å². The Balaban J connectivity index is 0.000000980. The van der Waals surface area contributed by atoms with E-state index in [-0.39, 0.29) is 17.9 Å². The summed E-state index contributed by atoms with van der Waals surface area (Å²) in [4.78, 5) is 0. The Bertz CT molecular complexity index is 307. The number of hydrogen-bond acceptors (Lipinski definition) is 1. The van der Waals surface area contributed by atoms with E-state index in [9.17, 15) is 0 Å². The van der Waals surface area contributed by atoms with Crippen LogP contribution in [0.3, 0.4) is 0 Å². The highest BCUT2D eigenvalue weighted by molar-refractivity contribution is 5.85. The molecular formula is C12H18ClN. The third kappa shape index (κ3) is 2.49. The van der Waals surface area contributed by atoms with Crippen LogP contribution in [-0.2, 0) is 12.8 Å². The highest BCUT2D eigenvalue weighted by atomic mass is 35.5. The summed E-state index contributed by atoms with van der Waals surface area (Å²) >= 11 is 0. The van der Waals surface area contributed by atoms with Crippen molar-refractivity contribution in [3.63, 3.8) is 0 Å². The minimum atomic E-state index is 0. The van der Waals surface area contributed by atoms with Gasteiger partial charge < -0.3 is 5.73 Å². The molecule has 0 aromatic heterocycles. The van der Waals surface area contributed by atoms with E-state index in [1.54, 1.807) is 0 Å². The van der Waals surface area contributed by atoms with Crippen LogP contribution in [0.2, 0.25) is 0 Å². The van der Waals surface area contributed by atoms with Crippen molar-refractivity contribution in [2.75, 3.05) is 0 Å². The molecule has 78 valence electrons. The lowest BCUT2D eigenvalue weighted by molar-refractivity contribution is 0.428. The Kier molecular flexibility index (Phi) is 3.57. The molecule has 1 nitrogen and oxygen atoms in total. The van der Waals surface area contributed by atoms with Gasteiger partial charge in [-0.1, -0.05) is 24.3 Å². The second-order valence-corrected chi connectivity index (χ2v) is 4.45. The maximum Gasteiger partial charge on any atom is 0.0166 e. The first-order valence-corrected chi connectivity index (χ1v) is 5.03. The number of fused-ring (bicyclic) bond motifs is 1. The van der Waals surface area contributed by atoms with E-state index in [2.05, 4.69) is 31.2 Å². The van der Waals surface area contributed by atoms with Crippen molar-refractivity contribution in [1.82, 2.24) is 0 Å². The van der Waals surface area contributed by atoms with E-state index in [1.165, 1.54) is 24.0 Å². The fourth-order valence-corrected chi connectivity index (χ4v) is 2.18. The summed E-state index contributed by atoms with van der Waals surface area (Å²) in [7, 11) is 0. The Morgan fingerprint density at radius 2 is 1.86 bits per heavy atom. The third-order valence-corrected chi connectivity index (χ3v) is 2.91. The molecule has 2 rings (SSSR count). The second kappa shape index (κ2) is 4.33. The standard InChI is InChI=1S/C12H17N.ClH/c1-12(13)8-4-7-10-5-2-3-6-11(10)9-12;/h2-3,5-6H,4,7-9,13H2,1H3;1H. The van der Waals surface area contributed by atoms with Crippen LogP contribution >= 0.6 is 12.4 Å². The lowest BCUT2D eigenvalue weighted by atomic mass is 9.92. The maximum absolute atomic E-state index is 6.19. The molecule has 1 unspecified atom stereocenters. The molecule has 2 N–H and O–H groups in total. The minimum absolute atomic E-state index is 0. The number of halogens is 1. The maximum atomic E-state index is 6.19. The van der Waals surface area contributed by atoms with Crippen LogP contribution in [0.15, 0.2) is 24.3 Å². The zero-order valence-electron chi connectivity index (χ0n) is 8.62. The molecule has 1 aliphatic rings. The van der Waals surface area contributed by atoms with Crippen molar-refractivity contribution in [2.45, 2.75) is 38.1 Å². The first-order chi connectivity index (χ1) is 6.17. The van der Waals surface area contributed by atoms with Crippen LogP contribution in [-0.4, -0.2) is 5.54 Å². The molecule has 14 heavy (non-hydrogen) atoms. The molecule has 0 fully saturated rings. The average Bonchev–Trinajstić information content (AvgIpc) is 2.21. The Labute approximate surface area is 92.1 Å². The van der Waals surface area contributed by atoms with Crippen LogP contribution < -0.4 is 5.73 Å². The summed E-state index contributed by atoms with van der Waals surface area (Å²) in [6.07, 6.45) is 4.60. The fraction of sp³-hybridized carbons (Fsp3) is 0.500. The highest BCUT2D eigenvalue weighted by Crippen LogP contribution is 2.25. The van der Waals surface area contributed by atoms with Gasteiger partial charge in [-0.15, -0.1) is 12.4 Å². The van der Waals surface area contributed by atoms with Crippen molar-refractivity contribution in [2.24, 2.45) is 5.73 Å². The van der Waals surface area contributed by atoms with Gasteiger partial charge in [-0.3, -0.25) is 0 Å². The molecule has 2 heteroatoms. The number of benzene rings is 1. The predicted molar refractivity (Wildman–Crippen MR) is 62.9 cm³/mol. The Hall–Kier alpha value is -0.530. The normalized spacial score (nSPS) is 25.9. The molecule has 0 bridgehead atoms. The number of aryl methyl sites for hydroxylation is 1. The van der Waals surface area contributed by atoms with Gasteiger partial charge in [0.2, 0.25) is 0 Å². The summed E-state index contributed by atoms with van der Waals surface area (Å²) in [5.74, 6) is 0. The van der Waals surface area contributed by atoms with Crippen LogP contribution in [0.25, 0.3) is 0 Å². The molecular weight excluding hydrogens is 194 g/mol. The minimum Gasteiger partial charge on any atom is -0.325 e. The SMILES string of the molecule is CC1(N)CCCc2ccccc2C1.Cl. The van der Waals surface area contributed by atoms with Gasteiger partial charge in [0.1, 0.15) is 0 Å². The lowest BCUT2D eigenvalue weighted by Crippen LogP contribution is -2.37. The van der Waals surface area contributed by atoms with Gasteiger partial charge >= 0.3 is 0 Å². The van der Waals surface area contributed by atoms with Crippen molar-refractivity contribution < 1.29 is 0 Å². The number of nitrogens with two attached hydrogens (primary N) is 1. The molecule has 0 spiro atoms. The lowest BCUT2D eigenvalue weighted by Gasteiger charge is -2.22. The molecule has 0 saturated heterocycles. The van der Waals surface area contributed by atoms with E-state index in [0.29, 0.717) is 0 Å². The molecule has 0 radical (unpaired) electrons. The van der Waals surface area contributed by atoms with Gasteiger partial charge in [0.25, 0.3) is 0 Å². The molecule has 1 aliphatic carbocycles. The molecule has 1 aromatic carbocycles. The van der Waals surface area contributed by atoms with Crippen LogP contribution in [0.5, 0.6) is 0 Å². The van der Waals surface area contributed by atoms with Gasteiger partial charge in [0.05, 0.1) is 0 Å². The summed E-state index contributed by atoms with van der Waals surface area (Å²) in [6, 6.07) is 8.68. The summed E-state index contributed by atoms with van der Waals surface area (Å²) in [6.45, 7) is 2.16. The van der Waals surface area contributed by atoms with Gasteiger partial charge in [-0.25, -0.2) is 0 Å². The zero-order chi connectivity index (χ0) is 9.31. The summed E-state index contributed by atoms with van der Waals surface area (Å²) in [5, 5.41) is 0. The summed E-state index contributed by atoms with van der Waals surface area (Å²) in [5.41, 5.74) is 9.15. The molecule has 1 aromatic rings. The van der Waals surface area contributed by atoms with Crippen molar-refractivity contribution in [3.8, 4) is 0 Å². The topological polar surface area (TPSA) is 26.0 Å². The van der Waals surface area contributed by atoms with E-state index in [4.69, 9.17) is 5.73 Å². The molecule has 0 heterocycles. The largest absolute Gasteiger partial charge is 0.325 e. The van der Waals surface area contributed by atoms with Gasteiger partial charge in [-0.05, 0) is 43.7 Å². The van der Waals surface area contributed by atoms with E-state index < -0.39 is 0 Å². The predicted octanol–water partition coefficient (Wildman–Crippen LogP) is 2.70. The molecule has 0 amide bonds. The monoisotopic (exact) mass is 211 g/mol. The van der Waals surface area contributed by atoms with Crippen molar-refractivity contribution in [3.05, 3.63) is 35.4 Å². The highest BCUT2D eigenvalue weighted by Gasteiger charge is 2.22. The number of hydrogen-bond donors (Lipinski definition) is 1. The van der Waals surface area contributed by atoms with Gasteiger partial charge in [-0.2, -0.15) is 0 Å². The van der Waals surface area contributed by atoms with E-state index in [1.807, 2.05) is 0 Å². The van der Waals surface area contributed by atoms with Gasteiger partial charge in [0, 0.05) is 5.54 Å². The van der Waals surface area contributed by atoms with Crippen LogP contribution in [0.1, 0.15) is 30.9 Å². The molecule has 1 atom stereocenters. The van der Waals surface area contributed by atoms with Crippen LogP contribution in [0, 0.1) is 0 Å². The number of rotatable bonds is 0. The Morgan fingerprint density at radius 3 is 2.57 bits per heavy atom. The fourth-order valence-electron chi connectivity index (χ4n) is 2.18. The summed E-state index contributed by atoms with van der Waals surface area (Å²) < 4.78 is 0.